The molecule has 0 heterocycles. The summed E-state index contributed by atoms with van der Waals surface area (Å²) >= 11 is 0. The summed E-state index contributed by atoms with van der Waals surface area (Å²) < 4.78 is 0. The van der Waals surface area contributed by atoms with Crippen LogP contribution in [-0.2, 0) is 11.2 Å². The van der Waals surface area contributed by atoms with Crippen LogP contribution in [0.1, 0.15) is 25.0 Å². The summed E-state index contributed by atoms with van der Waals surface area (Å²) in [6.07, 6.45) is 1.60. The lowest BCUT2D eigenvalue weighted by Crippen LogP contribution is -1.82. The van der Waals surface area contributed by atoms with Crippen molar-refractivity contribution in [2.24, 2.45) is 0 Å². The summed E-state index contributed by atoms with van der Waals surface area (Å²) in [6, 6.07) is 8.53. The number of benzene rings is 1. The van der Waals surface area contributed by atoms with Crippen molar-refractivity contribution >= 4 is 11.7 Å². The Hall–Kier alpha value is -1.66. The summed E-state index contributed by atoms with van der Waals surface area (Å²) in [5, 5.41) is 6.76. The molecular formula is C12H14NO-. The Morgan fingerprint density at radius 1 is 1.57 bits per heavy atom. The minimum atomic E-state index is 0.500. The minimum absolute atomic E-state index is 0.500. The Kier molecular flexibility index (Phi) is 6.01. The maximum atomic E-state index is 8.24. The molecule has 0 saturated heterocycles. The lowest BCUT2D eigenvalue weighted by Gasteiger charge is -2.01. The molecule has 74 valence electrons. The highest BCUT2D eigenvalue weighted by molar-refractivity contribution is 5.61. The molecule has 0 bridgehead atoms. The van der Waals surface area contributed by atoms with Crippen molar-refractivity contribution in [1.29, 1.82) is 0 Å². The number of isocyanates is 1. The van der Waals surface area contributed by atoms with Crippen molar-refractivity contribution in [3.05, 3.63) is 47.4 Å². The standard InChI is InChI=1S/C11H14.CNO/c1-4-10-6-5-7-11(8-10)9(2)3;2-1-3/h5-8H,2,4H2,1,3H3;/q;-1. The van der Waals surface area contributed by atoms with E-state index in [1.54, 1.807) is 0 Å². The molecule has 0 atom stereocenters. The van der Waals surface area contributed by atoms with E-state index in [9.17, 15) is 0 Å². The summed E-state index contributed by atoms with van der Waals surface area (Å²) in [7, 11) is 0. The van der Waals surface area contributed by atoms with E-state index in [0.29, 0.717) is 6.08 Å². The predicted molar refractivity (Wildman–Crippen MR) is 59.6 cm³/mol. The third-order valence-corrected chi connectivity index (χ3v) is 1.83. The molecule has 1 rings (SSSR count). The van der Waals surface area contributed by atoms with Crippen LogP contribution in [0.3, 0.4) is 0 Å². The monoisotopic (exact) mass is 188 g/mol. The van der Waals surface area contributed by atoms with Gasteiger partial charge in [-0.1, -0.05) is 43.3 Å². The van der Waals surface area contributed by atoms with Gasteiger partial charge in [0, 0.05) is 0 Å². The van der Waals surface area contributed by atoms with E-state index in [-0.39, 0.29) is 0 Å². The van der Waals surface area contributed by atoms with Gasteiger partial charge < -0.3 is 5.41 Å². The van der Waals surface area contributed by atoms with Gasteiger partial charge in [-0.25, -0.2) is 0 Å². The summed E-state index contributed by atoms with van der Waals surface area (Å²) in [6.45, 7) is 8.10. The van der Waals surface area contributed by atoms with Crippen LogP contribution < -0.4 is 0 Å². The van der Waals surface area contributed by atoms with Crippen LogP contribution in [0.15, 0.2) is 30.8 Å². The molecule has 1 aromatic rings. The molecule has 0 saturated carbocycles. The number of hydrogen-bond acceptors (Lipinski definition) is 1. The summed E-state index contributed by atoms with van der Waals surface area (Å²) in [4.78, 5) is 8.24. The lowest BCUT2D eigenvalue weighted by atomic mass is 10.0. The normalized spacial score (nSPS) is 8.14. The highest BCUT2D eigenvalue weighted by atomic mass is 16.1. The van der Waals surface area contributed by atoms with Gasteiger partial charge in [0.2, 0.25) is 0 Å². The largest absolute Gasteiger partial charge is 0.724 e. The second-order valence-corrected chi connectivity index (χ2v) is 2.93. The first-order valence-electron chi connectivity index (χ1n) is 4.41. The highest BCUT2D eigenvalue weighted by Gasteiger charge is 1.93. The molecule has 0 aliphatic heterocycles. The molecule has 0 aromatic heterocycles. The van der Waals surface area contributed by atoms with Gasteiger partial charge in [0.1, 0.15) is 0 Å². The molecule has 2 heteroatoms. The molecule has 0 fully saturated rings. The van der Waals surface area contributed by atoms with Crippen molar-refractivity contribution in [3.8, 4) is 0 Å². The zero-order valence-corrected chi connectivity index (χ0v) is 8.58. The summed E-state index contributed by atoms with van der Waals surface area (Å²) in [5.41, 5.74) is 3.77. The van der Waals surface area contributed by atoms with Gasteiger partial charge in [0.25, 0.3) is 0 Å². The fourth-order valence-electron chi connectivity index (χ4n) is 1.06. The second kappa shape index (κ2) is 6.81. The number of hydrogen-bond donors (Lipinski definition) is 0. The zero-order valence-electron chi connectivity index (χ0n) is 8.58. The van der Waals surface area contributed by atoms with Gasteiger partial charge in [0.05, 0.1) is 0 Å². The van der Waals surface area contributed by atoms with Crippen molar-refractivity contribution < 1.29 is 4.79 Å². The van der Waals surface area contributed by atoms with E-state index in [1.807, 2.05) is 6.92 Å². The van der Waals surface area contributed by atoms with Crippen molar-refractivity contribution in [2.75, 3.05) is 0 Å². The molecule has 14 heavy (non-hydrogen) atoms. The van der Waals surface area contributed by atoms with Crippen LogP contribution in [0.4, 0.5) is 0 Å². The maximum absolute atomic E-state index is 8.24. The lowest BCUT2D eigenvalue weighted by molar-refractivity contribution is 0.569. The number of nitrogens with zero attached hydrogens (tertiary/aromatic N) is 1. The van der Waals surface area contributed by atoms with Gasteiger partial charge in [-0.2, -0.15) is 0 Å². The Labute approximate surface area is 84.8 Å². The van der Waals surface area contributed by atoms with Crippen LogP contribution >= 0.6 is 0 Å². The van der Waals surface area contributed by atoms with Gasteiger partial charge in [-0.15, -0.1) is 0 Å². The van der Waals surface area contributed by atoms with Gasteiger partial charge in [-0.05, 0) is 30.6 Å². The van der Waals surface area contributed by atoms with E-state index in [2.05, 4.69) is 37.8 Å². The van der Waals surface area contributed by atoms with E-state index < -0.39 is 0 Å². The van der Waals surface area contributed by atoms with Crippen molar-refractivity contribution in [2.45, 2.75) is 20.3 Å². The van der Waals surface area contributed by atoms with E-state index in [4.69, 9.17) is 10.2 Å². The molecule has 0 aliphatic carbocycles. The van der Waals surface area contributed by atoms with E-state index in [1.165, 1.54) is 11.1 Å². The maximum Gasteiger partial charge on any atom is -0.0159 e. The van der Waals surface area contributed by atoms with Crippen molar-refractivity contribution in [1.82, 2.24) is 0 Å². The zero-order chi connectivity index (χ0) is 11.0. The SMILES string of the molecule is C=C(C)c1cccc(CC)c1.[N-]=C=O. The molecule has 0 amide bonds. The molecule has 0 aliphatic rings. The molecule has 0 radical (unpaired) electrons. The summed E-state index contributed by atoms with van der Waals surface area (Å²) in [5.74, 6) is 0. The highest BCUT2D eigenvalue weighted by Crippen LogP contribution is 2.13. The molecule has 0 spiro atoms. The van der Waals surface area contributed by atoms with Crippen LogP contribution in [0, 0.1) is 0 Å². The van der Waals surface area contributed by atoms with E-state index >= 15 is 0 Å². The van der Waals surface area contributed by atoms with Gasteiger partial charge >= 0.3 is 0 Å². The molecule has 2 nitrogen and oxygen atoms in total. The second-order valence-electron chi connectivity index (χ2n) is 2.93. The molecule has 1 aromatic carbocycles. The third-order valence-electron chi connectivity index (χ3n) is 1.83. The number of aryl methyl sites for hydroxylation is 1. The van der Waals surface area contributed by atoms with E-state index in [0.717, 1.165) is 12.0 Å². The number of carbonyl (C=O) groups excluding carboxylic acids is 1. The van der Waals surface area contributed by atoms with Crippen molar-refractivity contribution in [3.63, 3.8) is 0 Å². The van der Waals surface area contributed by atoms with Crippen LogP contribution in [-0.4, -0.2) is 6.08 Å². The Balaban J connectivity index is 0.000000500. The van der Waals surface area contributed by atoms with Crippen LogP contribution in [0.25, 0.3) is 11.0 Å². The fraction of sp³-hybridized carbons (Fsp3) is 0.250. The van der Waals surface area contributed by atoms with Crippen LogP contribution in [0.2, 0.25) is 0 Å². The number of rotatable bonds is 2. The molecular weight excluding hydrogens is 174 g/mol. The molecule has 0 unspecified atom stereocenters. The van der Waals surface area contributed by atoms with Crippen LogP contribution in [0.5, 0.6) is 0 Å². The third kappa shape index (κ3) is 4.39. The smallest absolute Gasteiger partial charge is 0.0159 e. The average molecular weight is 188 g/mol. The quantitative estimate of drug-likeness (QED) is 0.519. The Bertz CT molecular complexity index is 336. The first kappa shape index (κ1) is 12.3. The molecule has 0 N–H and O–H groups in total. The number of allylic oxidation sites excluding steroid dienone is 1. The minimum Gasteiger partial charge on any atom is -0.724 e. The van der Waals surface area contributed by atoms with Gasteiger partial charge in [-0.3, -0.25) is 4.79 Å². The Morgan fingerprint density at radius 2 is 2.14 bits per heavy atom. The van der Waals surface area contributed by atoms with Gasteiger partial charge in [0.15, 0.2) is 0 Å². The topological polar surface area (TPSA) is 39.4 Å². The Morgan fingerprint density at radius 3 is 2.57 bits per heavy atom. The average Bonchev–Trinajstić information content (AvgIpc) is 2.19. The predicted octanol–water partition coefficient (Wildman–Crippen LogP) is 3.17. The fourth-order valence-corrected chi connectivity index (χ4v) is 1.06. The first-order valence-corrected chi connectivity index (χ1v) is 4.41. The first-order chi connectivity index (χ1) is 6.65.